The van der Waals surface area contributed by atoms with Crippen LogP contribution in [0.2, 0.25) is 10.0 Å². The number of pyridine rings is 1. The second-order valence-electron chi connectivity index (χ2n) is 5.57. The highest BCUT2D eigenvalue weighted by Crippen LogP contribution is 2.30. The third-order valence-corrected chi connectivity index (χ3v) is 4.71. The maximum atomic E-state index is 12.2. The number of amides is 1. The molecule has 0 atom stereocenters. The summed E-state index contributed by atoms with van der Waals surface area (Å²) in [5.74, 6) is 0.382. The lowest BCUT2D eigenvalue weighted by atomic mass is 10.3. The van der Waals surface area contributed by atoms with Gasteiger partial charge >= 0.3 is 0 Å². The summed E-state index contributed by atoms with van der Waals surface area (Å²) in [5, 5.41) is 13.0. The third-order valence-electron chi connectivity index (χ3n) is 3.52. The molecule has 0 aliphatic heterocycles. The lowest BCUT2D eigenvalue weighted by Crippen LogP contribution is -2.12. The van der Waals surface area contributed by atoms with Crippen LogP contribution in [0.15, 0.2) is 58.6 Å². The number of nitrogens with one attached hydrogen (secondary N) is 2. The van der Waals surface area contributed by atoms with Gasteiger partial charge in [0.05, 0.1) is 0 Å². The first-order valence-electron chi connectivity index (χ1n) is 7.95. The monoisotopic (exact) mass is 431 g/mol. The van der Waals surface area contributed by atoms with Crippen LogP contribution >= 0.6 is 34.5 Å². The Morgan fingerprint density at radius 3 is 2.68 bits per heavy atom. The van der Waals surface area contributed by atoms with Gasteiger partial charge in [0.25, 0.3) is 5.91 Å². The van der Waals surface area contributed by atoms with E-state index in [0.29, 0.717) is 38.1 Å². The molecule has 0 unspecified atom stereocenters. The zero-order valence-electron chi connectivity index (χ0n) is 14.0. The van der Waals surface area contributed by atoms with Crippen LogP contribution in [0.5, 0.6) is 0 Å². The molecule has 1 amide bonds. The predicted molar refractivity (Wildman–Crippen MR) is 110 cm³/mol. The van der Waals surface area contributed by atoms with Crippen LogP contribution in [-0.4, -0.2) is 21.0 Å². The van der Waals surface area contributed by atoms with Crippen molar-refractivity contribution >= 4 is 57.1 Å². The van der Waals surface area contributed by atoms with Crippen LogP contribution in [0.1, 0.15) is 10.5 Å². The van der Waals surface area contributed by atoms with E-state index in [1.165, 1.54) is 17.4 Å². The number of aromatic nitrogens is 3. The van der Waals surface area contributed by atoms with Gasteiger partial charge in [-0.1, -0.05) is 34.4 Å². The molecule has 3 aromatic heterocycles. The molecule has 10 heteroatoms. The normalized spacial score (nSPS) is 10.6. The van der Waals surface area contributed by atoms with E-state index in [1.54, 1.807) is 48.0 Å². The zero-order chi connectivity index (χ0) is 19.5. The number of hydrogen-bond acceptors (Lipinski definition) is 7. The largest absolute Gasteiger partial charge is 0.354 e. The highest BCUT2D eigenvalue weighted by atomic mass is 35.5. The Morgan fingerprint density at radius 1 is 1.11 bits per heavy atom. The number of halogens is 2. The van der Waals surface area contributed by atoms with Crippen molar-refractivity contribution in [3.63, 3.8) is 0 Å². The molecule has 2 N–H and O–H groups in total. The molecule has 140 valence electrons. The highest BCUT2D eigenvalue weighted by molar-refractivity contribution is 7.14. The Bertz CT molecular complexity index is 1110. The van der Waals surface area contributed by atoms with Gasteiger partial charge in [-0.3, -0.25) is 4.79 Å². The van der Waals surface area contributed by atoms with Crippen molar-refractivity contribution < 1.29 is 9.32 Å². The van der Waals surface area contributed by atoms with Crippen molar-refractivity contribution in [2.75, 3.05) is 10.6 Å². The first-order valence-corrected chi connectivity index (χ1v) is 9.58. The minimum absolute atomic E-state index is 0.129. The average Bonchev–Trinajstić information content (AvgIpc) is 3.31. The molecular formula is C18H11Cl2N5O2S. The minimum atomic E-state index is -0.421. The molecule has 7 nitrogen and oxygen atoms in total. The van der Waals surface area contributed by atoms with Crippen molar-refractivity contribution in [2.45, 2.75) is 0 Å². The van der Waals surface area contributed by atoms with Gasteiger partial charge in [0.15, 0.2) is 16.6 Å². The fourth-order valence-electron chi connectivity index (χ4n) is 2.31. The van der Waals surface area contributed by atoms with E-state index in [1.807, 2.05) is 0 Å². The van der Waals surface area contributed by atoms with Gasteiger partial charge in [0.1, 0.15) is 11.5 Å². The molecule has 0 fully saturated rings. The summed E-state index contributed by atoms with van der Waals surface area (Å²) in [6, 6.07) is 11.9. The number of nitrogens with zero attached hydrogens (tertiary/aromatic N) is 3. The van der Waals surface area contributed by atoms with E-state index in [0.717, 1.165) is 0 Å². The van der Waals surface area contributed by atoms with Gasteiger partial charge in [-0.25, -0.2) is 9.97 Å². The second kappa shape index (κ2) is 7.97. The maximum absolute atomic E-state index is 12.2. The lowest BCUT2D eigenvalue weighted by Gasteiger charge is -2.03. The summed E-state index contributed by atoms with van der Waals surface area (Å²) in [6.45, 7) is 0. The van der Waals surface area contributed by atoms with Gasteiger partial charge < -0.3 is 15.2 Å². The van der Waals surface area contributed by atoms with Crippen LogP contribution in [0.25, 0.3) is 11.5 Å². The lowest BCUT2D eigenvalue weighted by molar-refractivity contribution is 0.101. The topological polar surface area (TPSA) is 92.9 Å². The van der Waals surface area contributed by atoms with E-state index < -0.39 is 5.91 Å². The van der Waals surface area contributed by atoms with Gasteiger partial charge in [-0.05, 0) is 30.3 Å². The minimum Gasteiger partial charge on any atom is -0.354 e. The van der Waals surface area contributed by atoms with Crippen LogP contribution in [0.3, 0.4) is 0 Å². The van der Waals surface area contributed by atoms with Crippen molar-refractivity contribution in [1.29, 1.82) is 0 Å². The van der Waals surface area contributed by atoms with Crippen LogP contribution in [0, 0.1) is 0 Å². The van der Waals surface area contributed by atoms with Gasteiger partial charge in [0, 0.05) is 33.4 Å². The smallest absolute Gasteiger partial charge is 0.279 e. The fourth-order valence-corrected chi connectivity index (χ4v) is 3.56. The van der Waals surface area contributed by atoms with Gasteiger partial charge in [-0.2, -0.15) is 0 Å². The molecule has 28 heavy (non-hydrogen) atoms. The van der Waals surface area contributed by atoms with E-state index in [2.05, 4.69) is 25.8 Å². The molecule has 0 aliphatic rings. The molecule has 0 bridgehead atoms. The maximum Gasteiger partial charge on any atom is 0.279 e. The molecule has 0 radical (unpaired) electrons. The number of hydrogen-bond donors (Lipinski definition) is 2. The number of anilines is 3. The van der Waals surface area contributed by atoms with Crippen molar-refractivity contribution in [1.82, 2.24) is 15.1 Å². The summed E-state index contributed by atoms with van der Waals surface area (Å²) < 4.78 is 5.25. The van der Waals surface area contributed by atoms with E-state index in [9.17, 15) is 4.79 Å². The molecule has 0 saturated carbocycles. The van der Waals surface area contributed by atoms with Crippen LogP contribution < -0.4 is 10.6 Å². The first kappa shape index (κ1) is 18.4. The summed E-state index contributed by atoms with van der Waals surface area (Å²) >= 11 is 13.4. The number of thiazole rings is 1. The highest BCUT2D eigenvalue weighted by Gasteiger charge is 2.16. The summed E-state index contributed by atoms with van der Waals surface area (Å²) in [5.41, 5.74) is 1.39. The standard InChI is InChI=1S/C18H11Cl2N5O2S/c19-10-5-11(20)7-12(6-10)22-18-23-14(9-28-18)15-8-13(25-27-15)17(26)24-16-3-1-2-4-21-16/h1-9H,(H,22,23)(H,21,24,26). The Balaban J connectivity index is 1.48. The molecule has 4 aromatic rings. The molecule has 1 aromatic carbocycles. The zero-order valence-corrected chi connectivity index (χ0v) is 16.3. The summed E-state index contributed by atoms with van der Waals surface area (Å²) in [6.07, 6.45) is 1.58. The SMILES string of the molecule is O=C(Nc1ccccn1)c1cc(-c2csc(Nc3cc(Cl)cc(Cl)c3)n2)on1. The van der Waals surface area contributed by atoms with E-state index >= 15 is 0 Å². The van der Waals surface area contributed by atoms with Crippen molar-refractivity contribution in [2.24, 2.45) is 0 Å². The van der Waals surface area contributed by atoms with E-state index in [-0.39, 0.29) is 5.69 Å². The number of carbonyl (C=O) groups is 1. The van der Waals surface area contributed by atoms with E-state index in [4.69, 9.17) is 27.7 Å². The number of carbonyl (C=O) groups excluding carboxylic acids is 1. The average molecular weight is 432 g/mol. The van der Waals surface area contributed by atoms with Crippen molar-refractivity contribution in [3.05, 3.63) is 69.8 Å². The molecule has 4 rings (SSSR count). The molecule has 3 heterocycles. The predicted octanol–water partition coefficient (Wildman–Crippen LogP) is 5.50. The number of rotatable bonds is 5. The third kappa shape index (κ3) is 4.30. The Labute approximate surface area is 173 Å². The Morgan fingerprint density at radius 2 is 1.93 bits per heavy atom. The first-order chi connectivity index (χ1) is 13.6. The fraction of sp³-hybridized carbons (Fsp3) is 0. The van der Waals surface area contributed by atoms with Crippen LogP contribution in [0.4, 0.5) is 16.6 Å². The second-order valence-corrected chi connectivity index (χ2v) is 7.30. The summed E-state index contributed by atoms with van der Waals surface area (Å²) in [4.78, 5) is 20.7. The Kier molecular flexibility index (Phi) is 5.25. The molecular weight excluding hydrogens is 421 g/mol. The number of benzene rings is 1. The Hall–Kier alpha value is -2.94. The van der Waals surface area contributed by atoms with Gasteiger partial charge in [-0.15, -0.1) is 11.3 Å². The van der Waals surface area contributed by atoms with Crippen LogP contribution in [-0.2, 0) is 0 Å². The summed E-state index contributed by atoms with van der Waals surface area (Å²) in [7, 11) is 0. The van der Waals surface area contributed by atoms with Crippen molar-refractivity contribution in [3.8, 4) is 11.5 Å². The molecule has 0 aliphatic carbocycles. The van der Waals surface area contributed by atoms with Gasteiger partial charge in [0.2, 0.25) is 0 Å². The molecule has 0 saturated heterocycles. The quantitative estimate of drug-likeness (QED) is 0.433. The molecule has 0 spiro atoms.